The molecule has 0 unspecified atom stereocenters. The second kappa shape index (κ2) is 8.85. The van der Waals surface area contributed by atoms with Crippen LogP contribution in [-0.2, 0) is 28.8 Å². The number of ether oxygens (including phenoxy) is 1. The van der Waals surface area contributed by atoms with E-state index in [1.807, 2.05) is 0 Å². The Morgan fingerprint density at radius 1 is 1.33 bits per heavy atom. The lowest BCUT2D eigenvalue weighted by molar-refractivity contribution is -0.137. The monoisotopic (exact) mass is 401 g/mol. The van der Waals surface area contributed by atoms with E-state index in [-0.39, 0.29) is 18.2 Å². The fourth-order valence-electron chi connectivity index (χ4n) is 2.24. The minimum Gasteiger partial charge on any atom is -0.472 e. The van der Waals surface area contributed by atoms with Gasteiger partial charge in [-0.05, 0) is 12.0 Å². The van der Waals surface area contributed by atoms with E-state index in [2.05, 4.69) is 15.5 Å². The molecule has 0 radical (unpaired) electrons. The van der Waals surface area contributed by atoms with Crippen LogP contribution in [-0.4, -0.2) is 30.8 Å². The molecule has 1 aromatic heterocycles. The predicted octanol–water partition coefficient (Wildman–Crippen LogP) is 3.40. The summed E-state index contributed by atoms with van der Waals surface area (Å²) in [5.74, 6) is -0.527. The Hall–Kier alpha value is -2.62. The van der Waals surface area contributed by atoms with Gasteiger partial charge in [0, 0.05) is 12.6 Å². The Labute approximate surface area is 158 Å². The molecule has 1 heterocycles. The summed E-state index contributed by atoms with van der Waals surface area (Å²) in [6.07, 6.45) is -4.16. The number of rotatable bonds is 7. The number of nitrogens with zero attached hydrogens (tertiary/aromatic N) is 2. The van der Waals surface area contributed by atoms with Crippen LogP contribution < -0.4 is 10.1 Å². The molecule has 0 saturated heterocycles. The first-order valence-corrected chi connectivity index (χ1v) is 8.74. The zero-order valence-electron chi connectivity index (χ0n) is 14.9. The lowest BCUT2D eigenvalue weighted by Gasteiger charge is -2.11. The van der Waals surface area contributed by atoms with E-state index in [0.29, 0.717) is 33.8 Å². The molecule has 1 amide bonds. The van der Waals surface area contributed by atoms with Crippen molar-refractivity contribution in [2.75, 3.05) is 14.2 Å². The number of likely N-dealkylation sites (N-methyl/N-ethyl adjacent to an activating group) is 1. The lowest BCUT2D eigenvalue weighted by Crippen LogP contribution is -2.29. The van der Waals surface area contributed by atoms with Gasteiger partial charge in [0.25, 0.3) is 5.91 Å². The number of aryl methyl sites for hydroxylation is 1. The van der Waals surface area contributed by atoms with Gasteiger partial charge in [0.15, 0.2) is 5.71 Å². The summed E-state index contributed by atoms with van der Waals surface area (Å²) in [4.78, 5) is 20.7. The third-order valence-corrected chi connectivity index (χ3v) is 4.71. The number of amides is 1. The van der Waals surface area contributed by atoms with E-state index in [1.54, 1.807) is 31.2 Å². The predicted molar refractivity (Wildman–Crippen MR) is 94.9 cm³/mol. The van der Waals surface area contributed by atoms with Crippen molar-refractivity contribution >= 4 is 23.0 Å². The first-order valence-electron chi connectivity index (χ1n) is 7.93. The second-order valence-electron chi connectivity index (χ2n) is 5.25. The average Bonchev–Trinajstić information content (AvgIpc) is 3.08. The number of benzene rings is 1. The topological polar surface area (TPSA) is 72.8 Å². The Balaban J connectivity index is 2.31. The highest BCUT2D eigenvalue weighted by Crippen LogP contribution is 2.37. The molecule has 2 rings (SSSR count). The Morgan fingerprint density at radius 2 is 2.04 bits per heavy atom. The van der Waals surface area contributed by atoms with Gasteiger partial charge in [0.1, 0.15) is 13.7 Å². The molecule has 0 saturated carbocycles. The minimum absolute atomic E-state index is 0.0316. The third-order valence-electron chi connectivity index (χ3n) is 3.49. The summed E-state index contributed by atoms with van der Waals surface area (Å²) in [6.45, 7) is 1.65. The first-order chi connectivity index (χ1) is 12.8. The van der Waals surface area contributed by atoms with Gasteiger partial charge in [-0.15, -0.1) is 11.3 Å². The van der Waals surface area contributed by atoms with Crippen molar-refractivity contribution in [2.45, 2.75) is 26.1 Å². The molecule has 0 fully saturated rings. The average molecular weight is 401 g/mol. The van der Waals surface area contributed by atoms with Crippen LogP contribution in [0.5, 0.6) is 5.88 Å². The molecule has 1 N–H and O–H groups in total. The molecular formula is C17H18F3N3O3S. The summed E-state index contributed by atoms with van der Waals surface area (Å²) < 4.78 is 44.2. The number of hydrogen-bond donors (Lipinski definition) is 1. The number of hydrogen-bond acceptors (Lipinski definition) is 6. The van der Waals surface area contributed by atoms with Crippen molar-refractivity contribution in [1.29, 1.82) is 0 Å². The Bertz CT molecular complexity index is 834. The summed E-state index contributed by atoms with van der Waals surface area (Å²) in [7, 11) is 2.76. The highest BCUT2D eigenvalue weighted by atomic mass is 32.1. The molecule has 0 aliphatic rings. The van der Waals surface area contributed by atoms with Crippen molar-refractivity contribution in [3.05, 3.63) is 45.3 Å². The van der Waals surface area contributed by atoms with Crippen molar-refractivity contribution in [1.82, 2.24) is 10.3 Å². The van der Waals surface area contributed by atoms with E-state index in [0.717, 1.165) is 0 Å². The summed E-state index contributed by atoms with van der Waals surface area (Å²) >= 11 is 0.560. The number of carbonyl (C=O) groups is 1. The summed E-state index contributed by atoms with van der Waals surface area (Å²) in [5.41, 5.74) is 1.03. The van der Waals surface area contributed by atoms with Gasteiger partial charge < -0.3 is 14.9 Å². The molecule has 146 valence electrons. The third kappa shape index (κ3) is 4.97. The fraction of sp³-hybridized carbons (Fsp3) is 0.353. The summed E-state index contributed by atoms with van der Waals surface area (Å²) in [5, 5.41) is 5.25. The largest absolute Gasteiger partial charge is 0.472 e. The van der Waals surface area contributed by atoms with E-state index >= 15 is 0 Å². The summed E-state index contributed by atoms with van der Waals surface area (Å²) in [6, 6.07) is 6.76. The molecule has 0 aliphatic carbocycles. The number of nitrogens with one attached hydrogen (secondary N) is 1. The molecule has 0 bridgehead atoms. The maximum Gasteiger partial charge on any atom is 0.443 e. The van der Waals surface area contributed by atoms with Gasteiger partial charge in [-0.3, -0.25) is 4.79 Å². The molecule has 0 spiro atoms. The number of thiazole rings is 1. The quantitative estimate of drug-likeness (QED) is 0.570. The molecule has 1 aromatic carbocycles. The van der Waals surface area contributed by atoms with Crippen molar-refractivity contribution < 1.29 is 27.5 Å². The zero-order chi connectivity index (χ0) is 20.0. The minimum atomic E-state index is -4.52. The number of oxime groups is 1. The molecule has 0 aliphatic heterocycles. The van der Waals surface area contributed by atoms with Crippen LogP contribution in [0.15, 0.2) is 29.4 Å². The van der Waals surface area contributed by atoms with Crippen LogP contribution in [0.3, 0.4) is 0 Å². The van der Waals surface area contributed by atoms with E-state index in [4.69, 9.17) is 9.57 Å². The highest BCUT2D eigenvalue weighted by Gasteiger charge is 2.36. The maximum absolute atomic E-state index is 12.9. The molecule has 0 atom stereocenters. The number of halogens is 3. The second-order valence-corrected chi connectivity index (χ2v) is 6.33. The standard InChI is InChI=1S/C17H18F3N3O3S/c1-4-12-15(22-16(27-12)17(18,19)20)26-9-10-7-5-6-8-11(10)13(23-25-3)14(24)21-2/h5-8H,4,9H2,1-3H3,(H,21,24)/b23-13+. The molecule has 2 aromatic rings. The van der Waals surface area contributed by atoms with Gasteiger partial charge in [-0.2, -0.15) is 18.2 Å². The van der Waals surface area contributed by atoms with Gasteiger partial charge in [-0.25, -0.2) is 0 Å². The molecule has 10 heteroatoms. The van der Waals surface area contributed by atoms with Gasteiger partial charge >= 0.3 is 6.18 Å². The van der Waals surface area contributed by atoms with E-state index < -0.39 is 17.1 Å². The number of alkyl halides is 3. The van der Waals surface area contributed by atoms with E-state index in [1.165, 1.54) is 14.2 Å². The normalized spacial score (nSPS) is 12.0. The Kier molecular flexibility index (Phi) is 6.78. The van der Waals surface area contributed by atoms with Crippen LogP contribution in [0, 0.1) is 0 Å². The SMILES string of the molecule is CCc1sc(C(F)(F)F)nc1OCc1ccccc1/C(=N\OC)C(=O)NC. The van der Waals surface area contributed by atoms with Crippen molar-refractivity contribution in [2.24, 2.45) is 5.16 Å². The molecular weight excluding hydrogens is 383 g/mol. The van der Waals surface area contributed by atoms with Crippen molar-refractivity contribution in [3.63, 3.8) is 0 Å². The zero-order valence-corrected chi connectivity index (χ0v) is 15.7. The van der Waals surface area contributed by atoms with Crippen LogP contribution in [0.2, 0.25) is 0 Å². The van der Waals surface area contributed by atoms with Crippen LogP contribution >= 0.6 is 11.3 Å². The van der Waals surface area contributed by atoms with Gasteiger partial charge in [0.05, 0.1) is 4.88 Å². The number of aromatic nitrogens is 1. The Morgan fingerprint density at radius 3 is 2.63 bits per heavy atom. The highest BCUT2D eigenvalue weighted by molar-refractivity contribution is 7.12. The van der Waals surface area contributed by atoms with Gasteiger partial charge in [0.2, 0.25) is 10.9 Å². The van der Waals surface area contributed by atoms with Crippen molar-refractivity contribution in [3.8, 4) is 5.88 Å². The maximum atomic E-state index is 12.9. The van der Waals surface area contributed by atoms with E-state index in [9.17, 15) is 18.0 Å². The number of carbonyl (C=O) groups excluding carboxylic acids is 1. The van der Waals surface area contributed by atoms with Crippen LogP contribution in [0.25, 0.3) is 0 Å². The van der Waals surface area contributed by atoms with Gasteiger partial charge in [-0.1, -0.05) is 36.3 Å². The first kappa shape index (κ1) is 20.7. The fourth-order valence-corrected chi connectivity index (χ4v) is 3.05. The lowest BCUT2D eigenvalue weighted by atomic mass is 10.0. The van der Waals surface area contributed by atoms with Crippen LogP contribution in [0.1, 0.15) is 27.9 Å². The van der Waals surface area contributed by atoms with Crippen LogP contribution in [0.4, 0.5) is 13.2 Å². The molecule has 27 heavy (non-hydrogen) atoms. The molecule has 6 nitrogen and oxygen atoms in total. The smallest absolute Gasteiger partial charge is 0.443 e.